The Hall–Kier alpha value is -1.81. The highest BCUT2D eigenvalue weighted by Gasteiger charge is 2.05. The van der Waals surface area contributed by atoms with Crippen LogP contribution >= 0.6 is 15.9 Å². The molecule has 0 unspecified atom stereocenters. The third-order valence-corrected chi connectivity index (χ3v) is 3.82. The quantitative estimate of drug-likeness (QED) is 0.775. The molecule has 0 saturated heterocycles. The van der Waals surface area contributed by atoms with E-state index in [4.69, 9.17) is 4.74 Å². The van der Waals surface area contributed by atoms with Gasteiger partial charge in [0.05, 0.1) is 6.54 Å². The lowest BCUT2D eigenvalue weighted by atomic mass is 10.0. The molecular weight excluding hydrogens is 342 g/mol. The molecule has 0 aliphatic carbocycles. The summed E-state index contributed by atoms with van der Waals surface area (Å²) in [4.78, 5) is 11.9. The molecule has 0 aliphatic rings. The zero-order chi connectivity index (χ0) is 15.9. The van der Waals surface area contributed by atoms with E-state index in [9.17, 15) is 4.79 Å². The number of rotatable bonds is 6. The highest BCUT2D eigenvalue weighted by molar-refractivity contribution is 9.10. The first kappa shape index (κ1) is 16.6. The van der Waals surface area contributed by atoms with E-state index in [-0.39, 0.29) is 5.91 Å². The van der Waals surface area contributed by atoms with Crippen LogP contribution in [0.25, 0.3) is 0 Å². The molecule has 1 N–H and O–H groups in total. The first-order valence-electron chi connectivity index (χ1n) is 7.33. The second-order valence-electron chi connectivity index (χ2n) is 5.34. The predicted molar refractivity (Wildman–Crippen MR) is 92.5 cm³/mol. The van der Waals surface area contributed by atoms with Gasteiger partial charge in [0.1, 0.15) is 12.4 Å². The molecule has 0 aromatic heterocycles. The maximum absolute atomic E-state index is 11.9. The number of halogens is 1. The van der Waals surface area contributed by atoms with Gasteiger partial charge in [-0.2, -0.15) is 0 Å². The Morgan fingerprint density at radius 2 is 1.91 bits per heavy atom. The highest BCUT2D eigenvalue weighted by atomic mass is 79.9. The number of ether oxygens (including phenoxy) is 1. The summed E-state index contributed by atoms with van der Waals surface area (Å²) in [5.74, 6) is 1.22. The number of benzene rings is 2. The van der Waals surface area contributed by atoms with Crippen LogP contribution in [-0.2, 0) is 0 Å². The minimum absolute atomic E-state index is 0.0907. The van der Waals surface area contributed by atoms with Crippen molar-refractivity contribution in [1.82, 2.24) is 5.32 Å². The van der Waals surface area contributed by atoms with Gasteiger partial charge in [-0.05, 0) is 47.9 Å². The van der Waals surface area contributed by atoms with Crippen LogP contribution in [0.5, 0.6) is 5.75 Å². The molecule has 2 rings (SSSR count). The van der Waals surface area contributed by atoms with Gasteiger partial charge in [-0.25, -0.2) is 0 Å². The SMILES string of the molecule is CC(C)c1cccc(OCCNC(=O)c2ccc(Br)cc2)c1. The predicted octanol–water partition coefficient (Wildman–Crippen LogP) is 4.38. The molecule has 0 saturated carbocycles. The van der Waals surface area contributed by atoms with Gasteiger partial charge in [0.25, 0.3) is 5.91 Å². The van der Waals surface area contributed by atoms with E-state index in [1.165, 1.54) is 5.56 Å². The summed E-state index contributed by atoms with van der Waals surface area (Å²) in [5, 5.41) is 2.85. The van der Waals surface area contributed by atoms with E-state index in [1.807, 2.05) is 30.3 Å². The smallest absolute Gasteiger partial charge is 0.251 e. The van der Waals surface area contributed by atoms with Crippen molar-refractivity contribution in [3.05, 3.63) is 64.1 Å². The van der Waals surface area contributed by atoms with Crippen molar-refractivity contribution in [2.45, 2.75) is 19.8 Å². The summed E-state index contributed by atoms with van der Waals surface area (Å²) in [7, 11) is 0. The largest absolute Gasteiger partial charge is 0.492 e. The molecular formula is C18H20BrNO2. The lowest BCUT2D eigenvalue weighted by Gasteiger charge is -2.10. The van der Waals surface area contributed by atoms with Gasteiger partial charge in [-0.1, -0.05) is 41.9 Å². The average molecular weight is 362 g/mol. The van der Waals surface area contributed by atoms with E-state index >= 15 is 0 Å². The van der Waals surface area contributed by atoms with Gasteiger partial charge in [0.2, 0.25) is 0 Å². The second-order valence-corrected chi connectivity index (χ2v) is 6.25. The second kappa shape index (κ2) is 7.99. The minimum atomic E-state index is -0.0907. The third kappa shape index (κ3) is 4.88. The summed E-state index contributed by atoms with van der Waals surface area (Å²) >= 11 is 3.35. The summed E-state index contributed by atoms with van der Waals surface area (Å²) in [5.41, 5.74) is 1.89. The molecule has 0 bridgehead atoms. The molecule has 0 atom stereocenters. The monoisotopic (exact) mass is 361 g/mol. The Morgan fingerprint density at radius 1 is 1.18 bits per heavy atom. The van der Waals surface area contributed by atoms with Crippen LogP contribution in [0.3, 0.4) is 0 Å². The fourth-order valence-corrected chi connectivity index (χ4v) is 2.26. The number of hydrogen-bond donors (Lipinski definition) is 1. The Kier molecular flexibility index (Phi) is 6.01. The number of nitrogens with one attached hydrogen (secondary N) is 1. The molecule has 0 aliphatic heterocycles. The van der Waals surface area contributed by atoms with Crippen LogP contribution in [0.1, 0.15) is 35.7 Å². The summed E-state index contributed by atoms with van der Waals surface area (Å²) < 4.78 is 6.64. The molecule has 4 heteroatoms. The summed E-state index contributed by atoms with van der Waals surface area (Å²) in [6.07, 6.45) is 0. The van der Waals surface area contributed by atoms with Crippen molar-refractivity contribution in [2.75, 3.05) is 13.2 Å². The molecule has 22 heavy (non-hydrogen) atoms. The van der Waals surface area contributed by atoms with Crippen molar-refractivity contribution >= 4 is 21.8 Å². The fraction of sp³-hybridized carbons (Fsp3) is 0.278. The van der Waals surface area contributed by atoms with Crippen LogP contribution in [0.15, 0.2) is 53.0 Å². The zero-order valence-electron chi connectivity index (χ0n) is 12.8. The number of amides is 1. The van der Waals surface area contributed by atoms with E-state index < -0.39 is 0 Å². The van der Waals surface area contributed by atoms with Crippen molar-refractivity contribution in [3.63, 3.8) is 0 Å². The van der Waals surface area contributed by atoms with Crippen molar-refractivity contribution in [2.24, 2.45) is 0 Å². The normalized spacial score (nSPS) is 10.5. The van der Waals surface area contributed by atoms with E-state index in [0.717, 1.165) is 10.2 Å². The maximum atomic E-state index is 11.9. The van der Waals surface area contributed by atoms with Gasteiger partial charge in [-0.3, -0.25) is 4.79 Å². The van der Waals surface area contributed by atoms with Gasteiger partial charge < -0.3 is 10.1 Å². The molecule has 116 valence electrons. The van der Waals surface area contributed by atoms with Crippen molar-refractivity contribution < 1.29 is 9.53 Å². The topological polar surface area (TPSA) is 38.3 Å². The Bertz CT molecular complexity index is 623. The summed E-state index contributed by atoms with van der Waals surface area (Å²) in [6.45, 7) is 5.22. The Balaban J connectivity index is 1.78. The molecule has 0 heterocycles. The molecule has 2 aromatic rings. The summed E-state index contributed by atoms with van der Waals surface area (Å²) in [6, 6.07) is 15.3. The lowest BCUT2D eigenvalue weighted by Crippen LogP contribution is -2.28. The molecule has 0 fully saturated rings. The lowest BCUT2D eigenvalue weighted by molar-refractivity contribution is 0.0947. The first-order chi connectivity index (χ1) is 10.6. The fourth-order valence-electron chi connectivity index (χ4n) is 2.00. The Labute approximate surface area is 139 Å². The molecule has 1 amide bonds. The van der Waals surface area contributed by atoms with E-state index in [1.54, 1.807) is 12.1 Å². The molecule has 3 nitrogen and oxygen atoms in total. The van der Waals surface area contributed by atoms with Crippen LogP contribution in [0, 0.1) is 0 Å². The number of carbonyl (C=O) groups excluding carboxylic acids is 1. The maximum Gasteiger partial charge on any atom is 0.251 e. The van der Waals surface area contributed by atoms with Crippen LogP contribution in [0.2, 0.25) is 0 Å². The minimum Gasteiger partial charge on any atom is -0.492 e. The average Bonchev–Trinajstić information content (AvgIpc) is 2.52. The van der Waals surface area contributed by atoms with Gasteiger partial charge in [0.15, 0.2) is 0 Å². The van der Waals surface area contributed by atoms with Gasteiger partial charge in [-0.15, -0.1) is 0 Å². The molecule has 0 spiro atoms. The van der Waals surface area contributed by atoms with Crippen LogP contribution < -0.4 is 10.1 Å². The standard InChI is InChI=1S/C18H20BrNO2/c1-13(2)15-4-3-5-17(12-15)22-11-10-20-18(21)14-6-8-16(19)9-7-14/h3-9,12-13H,10-11H2,1-2H3,(H,20,21). The van der Waals surface area contributed by atoms with Gasteiger partial charge >= 0.3 is 0 Å². The van der Waals surface area contributed by atoms with Crippen molar-refractivity contribution in [1.29, 1.82) is 0 Å². The van der Waals surface area contributed by atoms with Gasteiger partial charge in [0, 0.05) is 10.0 Å². The molecule has 2 aromatic carbocycles. The Morgan fingerprint density at radius 3 is 2.59 bits per heavy atom. The van der Waals surface area contributed by atoms with Crippen LogP contribution in [-0.4, -0.2) is 19.1 Å². The number of carbonyl (C=O) groups is 1. The van der Waals surface area contributed by atoms with E-state index in [0.29, 0.717) is 24.6 Å². The molecule has 0 radical (unpaired) electrons. The number of hydrogen-bond acceptors (Lipinski definition) is 2. The third-order valence-electron chi connectivity index (χ3n) is 3.29. The highest BCUT2D eigenvalue weighted by Crippen LogP contribution is 2.19. The zero-order valence-corrected chi connectivity index (χ0v) is 14.4. The van der Waals surface area contributed by atoms with Crippen LogP contribution in [0.4, 0.5) is 0 Å². The van der Waals surface area contributed by atoms with Crippen molar-refractivity contribution in [3.8, 4) is 5.75 Å². The van der Waals surface area contributed by atoms with E-state index in [2.05, 4.69) is 41.2 Å². The first-order valence-corrected chi connectivity index (χ1v) is 8.12.